The van der Waals surface area contributed by atoms with Gasteiger partial charge in [-0.15, -0.1) is 5.10 Å². The first kappa shape index (κ1) is 13.1. The van der Waals surface area contributed by atoms with Gasteiger partial charge in [-0.25, -0.2) is 14.5 Å². The van der Waals surface area contributed by atoms with Crippen molar-refractivity contribution in [2.24, 2.45) is 0 Å². The van der Waals surface area contributed by atoms with Crippen LogP contribution in [0.5, 0.6) is 5.75 Å². The van der Waals surface area contributed by atoms with E-state index in [4.69, 9.17) is 4.74 Å². The van der Waals surface area contributed by atoms with Crippen molar-refractivity contribution >= 4 is 5.97 Å². The molecule has 0 N–H and O–H groups in total. The maximum absolute atomic E-state index is 11.3. The molecule has 0 spiro atoms. The Balaban J connectivity index is 2.23. The summed E-state index contributed by atoms with van der Waals surface area (Å²) in [4.78, 5) is 15.2. The Morgan fingerprint density at radius 3 is 2.84 bits per heavy atom. The Bertz CT molecular complexity index is 593. The lowest BCUT2D eigenvalue weighted by Crippen LogP contribution is -2.07. The molecule has 1 aromatic carbocycles. The summed E-state index contributed by atoms with van der Waals surface area (Å²) >= 11 is 0. The Labute approximate surface area is 111 Å². The van der Waals surface area contributed by atoms with Gasteiger partial charge in [-0.1, -0.05) is 17.7 Å². The molecule has 1 heterocycles. The smallest absolute Gasteiger partial charge is 0.377 e. The number of ether oxygens (including phenoxy) is 2. The summed E-state index contributed by atoms with van der Waals surface area (Å²) < 4.78 is 11.4. The minimum Gasteiger partial charge on any atom is -0.496 e. The van der Waals surface area contributed by atoms with Crippen LogP contribution in [0.1, 0.15) is 21.7 Å². The second-order valence-corrected chi connectivity index (χ2v) is 4.07. The Morgan fingerprint density at radius 2 is 2.16 bits per heavy atom. The molecule has 19 heavy (non-hydrogen) atoms. The van der Waals surface area contributed by atoms with Crippen LogP contribution in [0, 0.1) is 6.92 Å². The van der Waals surface area contributed by atoms with E-state index in [2.05, 4.69) is 14.8 Å². The van der Waals surface area contributed by atoms with Gasteiger partial charge >= 0.3 is 5.97 Å². The molecule has 0 aliphatic heterocycles. The lowest BCUT2D eigenvalue weighted by Gasteiger charge is -2.09. The Hall–Kier alpha value is -2.37. The normalized spacial score (nSPS) is 10.3. The highest BCUT2D eigenvalue weighted by molar-refractivity contribution is 5.84. The molecule has 2 aromatic rings. The van der Waals surface area contributed by atoms with Crippen molar-refractivity contribution in [3.8, 4) is 5.75 Å². The standard InChI is InChI=1S/C13H15N3O3/c1-9-4-5-11(18-2)10(6-9)7-16-8-14-12(15-16)13(17)19-3/h4-6,8H,7H2,1-3H3. The molecular weight excluding hydrogens is 246 g/mol. The zero-order valence-corrected chi connectivity index (χ0v) is 11.1. The van der Waals surface area contributed by atoms with Gasteiger partial charge in [0.05, 0.1) is 20.8 Å². The zero-order valence-electron chi connectivity index (χ0n) is 11.1. The second-order valence-electron chi connectivity index (χ2n) is 4.07. The van der Waals surface area contributed by atoms with Gasteiger partial charge in [-0.3, -0.25) is 0 Å². The molecule has 0 bridgehead atoms. The van der Waals surface area contributed by atoms with Crippen LogP contribution in [0.2, 0.25) is 0 Å². The Morgan fingerprint density at radius 1 is 1.37 bits per heavy atom. The Kier molecular flexibility index (Phi) is 3.79. The van der Waals surface area contributed by atoms with Gasteiger partial charge in [-0.05, 0) is 13.0 Å². The highest BCUT2D eigenvalue weighted by Crippen LogP contribution is 2.20. The van der Waals surface area contributed by atoms with E-state index in [0.29, 0.717) is 6.54 Å². The van der Waals surface area contributed by atoms with Gasteiger partial charge < -0.3 is 9.47 Å². The van der Waals surface area contributed by atoms with Crippen molar-refractivity contribution in [2.75, 3.05) is 14.2 Å². The molecule has 0 amide bonds. The first-order valence-electron chi connectivity index (χ1n) is 5.75. The predicted octanol–water partition coefficient (Wildman–Crippen LogP) is 1.43. The highest BCUT2D eigenvalue weighted by atomic mass is 16.5. The lowest BCUT2D eigenvalue weighted by molar-refractivity contribution is 0.0586. The maximum atomic E-state index is 11.3. The molecule has 0 atom stereocenters. The van der Waals surface area contributed by atoms with E-state index < -0.39 is 5.97 Å². The second kappa shape index (κ2) is 5.51. The summed E-state index contributed by atoms with van der Waals surface area (Å²) in [5.41, 5.74) is 2.10. The number of carbonyl (C=O) groups excluding carboxylic acids is 1. The third-order valence-corrected chi connectivity index (χ3v) is 2.67. The molecule has 2 rings (SSSR count). The fraction of sp³-hybridized carbons (Fsp3) is 0.308. The van der Waals surface area contributed by atoms with Crippen LogP contribution in [0.3, 0.4) is 0 Å². The first-order valence-corrected chi connectivity index (χ1v) is 5.75. The number of benzene rings is 1. The van der Waals surface area contributed by atoms with Crippen molar-refractivity contribution in [3.63, 3.8) is 0 Å². The van der Waals surface area contributed by atoms with Gasteiger partial charge in [0, 0.05) is 5.56 Å². The number of aromatic nitrogens is 3. The fourth-order valence-electron chi connectivity index (χ4n) is 1.76. The predicted molar refractivity (Wildman–Crippen MR) is 68.2 cm³/mol. The van der Waals surface area contributed by atoms with Crippen molar-refractivity contribution in [1.82, 2.24) is 14.8 Å². The topological polar surface area (TPSA) is 66.2 Å². The van der Waals surface area contributed by atoms with Crippen molar-refractivity contribution in [3.05, 3.63) is 41.5 Å². The van der Waals surface area contributed by atoms with Crippen LogP contribution >= 0.6 is 0 Å². The zero-order chi connectivity index (χ0) is 13.8. The number of nitrogens with zero attached hydrogens (tertiary/aromatic N) is 3. The molecule has 0 unspecified atom stereocenters. The summed E-state index contributed by atoms with van der Waals surface area (Å²) in [6.45, 7) is 2.49. The van der Waals surface area contributed by atoms with E-state index >= 15 is 0 Å². The quantitative estimate of drug-likeness (QED) is 0.779. The third-order valence-electron chi connectivity index (χ3n) is 2.67. The number of hydrogen-bond acceptors (Lipinski definition) is 5. The molecule has 0 saturated heterocycles. The molecule has 0 radical (unpaired) electrons. The van der Waals surface area contributed by atoms with Crippen LogP contribution in [-0.2, 0) is 11.3 Å². The summed E-state index contributed by atoms with van der Waals surface area (Å²) in [6.07, 6.45) is 1.49. The van der Waals surface area contributed by atoms with Crippen LogP contribution in [0.25, 0.3) is 0 Å². The number of aryl methyl sites for hydroxylation is 1. The largest absolute Gasteiger partial charge is 0.496 e. The number of hydrogen-bond donors (Lipinski definition) is 0. The molecule has 6 nitrogen and oxygen atoms in total. The van der Waals surface area contributed by atoms with Crippen LogP contribution in [0.4, 0.5) is 0 Å². The van der Waals surface area contributed by atoms with Gasteiger partial charge in [0.2, 0.25) is 0 Å². The first-order chi connectivity index (χ1) is 9.13. The molecule has 0 fully saturated rings. The average molecular weight is 261 g/mol. The number of rotatable bonds is 4. The fourth-order valence-corrected chi connectivity index (χ4v) is 1.76. The molecule has 0 saturated carbocycles. The molecule has 1 aromatic heterocycles. The molecule has 6 heteroatoms. The van der Waals surface area contributed by atoms with Gasteiger partial charge in [0.15, 0.2) is 0 Å². The number of esters is 1. The van der Waals surface area contributed by atoms with Crippen molar-refractivity contribution < 1.29 is 14.3 Å². The van der Waals surface area contributed by atoms with Crippen molar-refractivity contribution in [1.29, 1.82) is 0 Å². The van der Waals surface area contributed by atoms with Crippen LogP contribution in [0.15, 0.2) is 24.5 Å². The number of carbonyl (C=O) groups is 1. The van der Waals surface area contributed by atoms with E-state index in [-0.39, 0.29) is 5.82 Å². The lowest BCUT2D eigenvalue weighted by atomic mass is 10.1. The van der Waals surface area contributed by atoms with E-state index in [1.165, 1.54) is 13.4 Å². The van der Waals surface area contributed by atoms with E-state index in [1.807, 2.05) is 25.1 Å². The van der Waals surface area contributed by atoms with Gasteiger partial charge in [0.25, 0.3) is 5.82 Å². The maximum Gasteiger partial charge on any atom is 0.377 e. The van der Waals surface area contributed by atoms with Gasteiger partial charge in [-0.2, -0.15) is 0 Å². The summed E-state index contributed by atoms with van der Waals surface area (Å²) in [6, 6.07) is 5.89. The highest BCUT2D eigenvalue weighted by Gasteiger charge is 2.12. The third kappa shape index (κ3) is 2.90. The SMILES string of the molecule is COC(=O)c1ncn(Cc2cc(C)ccc2OC)n1. The average Bonchev–Trinajstić information content (AvgIpc) is 2.86. The van der Waals surface area contributed by atoms with Crippen LogP contribution < -0.4 is 4.74 Å². The monoisotopic (exact) mass is 261 g/mol. The van der Waals surface area contributed by atoms with Gasteiger partial charge in [0.1, 0.15) is 12.1 Å². The minimum absolute atomic E-state index is 0.0501. The summed E-state index contributed by atoms with van der Waals surface area (Å²) in [5, 5.41) is 4.06. The summed E-state index contributed by atoms with van der Waals surface area (Å²) in [5.74, 6) is 0.282. The van der Waals surface area contributed by atoms with Crippen LogP contribution in [-0.4, -0.2) is 35.0 Å². The van der Waals surface area contributed by atoms with E-state index in [9.17, 15) is 4.79 Å². The molecule has 100 valence electrons. The van der Waals surface area contributed by atoms with E-state index in [1.54, 1.807) is 11.8 Å². The summed E-state index contributed by atoms with van der Waals surface area (Å²) in [7, 11) is 2.92. The molecule has 0 aliphatic rings. The number of methoxy groups -OCH3 is 2. The molecule has 0 aliphatic carbocycles. The minimum atomic E-state index is -0.546. The van der Waals surface area contributed by atoms with E-state index in [0.717, 1.165) is 16.9 Å². The van der Waals surface area contributed by atoms with Crippen molar-refractivity contribution in [2.45, 2.75) is 13.5 Å². The molecular formula is C13H15N3O3.